The monoisotopic (exact) mass is 286 g/mol. The topological polar surface area (TPSA) is 28.7 Å². The third-order valence-electron chi connectivity index (χ3n) is 2.44. The Bertz CT molecular complexity index is 705. The summed E-state index contributed by atoms with van der Waals surface area (Å²) in [4.78, 5) is 6.94. The zero-order chi connectivity index (χ0) is 12.0. The zero-order valence-corrected chi connectivity index (χ0v) is 10.6. The van der Waals surface area contributed by atoms with Crippen LogP contribution >= 0.6 is 34.5 Å². The molecular weight excluding hydrogens is 282 g/mol. The van der Waals surface area contributed by atoms with Gasteiger partial charge < -0.3 is 4.98 Å². The molecule has 0 amide bonds. The van der Waals surface area contributed by atoms with E-state index in [-0.39, 0.29) is 5.82 Å². The highest BCUT2D eigenvalue weighted by Crippen LogP contribution is 2.40. The summed E-state index contributed by atoms with van der Waals surface area (Å²) < 4.78 is 14.4. The second-order valence-electron chi connectivity index (χ2n) is 3.49. The number of hydrogen-bond acceptors (Lipinski definition) is 2. The van der Waals surface area contributed by atoms with Gasteiger partial charge in [-0.3, -0.25) is 0 Å². The van der Waals surface area contributed by atoms with Crippen LogP contribution in [0.5, 0.6) is 0 Å². The Morgan fingerprint density at radius 1 is 1.24 bits per heavy atom. The predicted octanol–water partition coefficient (Wildman–Crippen LogP) is 4.74. The number of aromatic amines is 1. The fraction of sp³-hybridized carbons (Fsp3) is 0. The lowest BCUT2D eigenvalue weighted by Crippen LogP contribution is -1.79. The fourth-order valence-corrected chi connectivity index (χ4v) is 3.22. The van der Waals surface area contributed by atoms with Crippen molar-refractivity contribution in [3.05, 3.63) is 39.0 Å². The van der Waals surface area contributed by atoms with E-state index < -0.39 is 0 Å². The molecule has 0 saturated carbocycles. The maximum Gasteiger partial charge on any atom is 0.142 e. The minimum Gasteiger partial charge on any atom is -0.346 e. The largest absolute Gasteiger partial charge is 0.346 e. The number of nitrogens with one attached hydrogen (secondary N) is 1. The molecule has 3 rings (SSSR count). The van der Waals surface area contributed by atoms with Crippen LogP contribution in [0, 0.1) is 5.82 Å². The Morgan fingerprint density at radius 3 is 2.76 bits per heavy atom. The molecule has 0 aliphatic rings. The Hall–Kier alpha value is -1.10. The molecule has 0 aliphatic carbocycles. The molecule has 0 saturated heterocycles. The molecule has 1 N–H and O–H groups in total. The van der Waals surface area contributed by atoms with Gasteiger partial charge in [0.05, 0.1) is 10.5 Å². The first-order valence-corrected chi connectivity index (χ1v) is 6.30. The number of H-pyrrole nitrogens is 1. The van der Waals surface area contributed by atoms with Crippen LogP contribution in [0.2, 0.25) is 8.67 Å². The number of aromatic nitrogens is 2. The van der Waals surface area contributed by atoms with Gasteiger partial charge in [-0.2, -0.15) is 0 Å². The lowest BCUT2D eigenvalue weighted by Gasteiger charge is -1.96. The van der Waals surface area contributed by atoms with Crippen molar-refractivity contribution in [2.24, 2.45) is 0 Å². The van der Waals surface area contributed by atoms with Crippen molar-refractivity contribution >= 4 is 45.6 Å². The van der Waals surface area contributed by atoms with Crippen LogP contribution in [0.4, 0.5) is 4.39 Å². The first-order valence-electron chi connectivity index (χ1n) is 4.73. The van der Waals surface area contributed by atoms with E-state index in [1.54, 1.807) is 12.3 Å². The molecule has 3 heterocycles. The maximum atomic E-state index is 13.2. The standard InChI is InChI=1S/C11H5Cl2FN2S/c12-9-2-6(10(13)17-9)8-4-16-11-7(8)1-5(14)3-15-11/h1-4H,(H,15,16). The van der Waals surface area contributed by atoms with Gasteiger partial charge in [-0.15, -0.1) is 11.3 Å². The third kappa shape index (κ3) is 1.82. The maximum absolute atomic E-state index is 13.2. The fourth-order valence-electron chi connectivity index (χ4n) is 1.72. The van der Waals surface area contributed by atoms with Crippen molar-refractivity contribution in [2.45, 2.75) is 0 Å². The number of pyridine rings is 1. The van der Waals surface area contributed by atoms with Gasteiger partial charge in [-0.05, 0) is 12.1 Å². The van der Waals surface area contributed by atoms with Crippen molar-refractivity contribution in [3.8, 4) is 11.1 Å². The number of thiophene rings is 1. The summed E-state index contributed by atoms with van der Waals surface area (Å²) in [5.74, 6) is -0.379. The van der Waals surface area contributed by atoms with Crippen LogP contribution in [0.25, 0.3) is 22.2 Å². The van der Waals surface area contributed by atoms with E-state index in [9.17, 15) is 4.39 Å². The van der Waals surface area contributed by atoms with E-state index in [0.717, 1.165) is 11.1 Å². The van der Waals surface area contributed by atoms with Crippen LogP contribution in [-0.2, 0) is 0 Å². The quantitative estimate of drug-likeness (QED) is 0.688. The van der Waals surface area contributed by atoms with Crippen molar-refractivity contribution in [3.63, 3.8) is 0 Å². The van der Waals surface area contributed by atoms with Crippen molar-refractivity contribution < 1.29 is 4.39 Å². The highest BCUT2D eigenvalue weighted by Gasteiger charge is 2.13. The van der Waals surface area contributed by atoms with E-state index in [1.807, 2.05) is 0 Å². The second-order valence-corrected chi connectivity index (χ2v) is 5.78. The van der Waals surface area contributed by atoms with Gasteiger partial charge in [0.15, 0.2) is 0 Å². The number of hydrogen-bond donors (Lipinski definition) is 1. The summed E-state index contributed by atoms with van der Waals surface area (Å²) in [7, 11) is 0. The molecule has 0 radical (unpaired) electrons. The van der Waals surface area contributed by atoms with E-state index in [1.165, 1.54) is 23.6 Å². The molecule has 2 nitrogen and oxygen atoms in total. The Balaban J connectivity index is 2.30. The van der Waals surface area contributed by atoms with Crippen LogP contribution in [0.3, 0.4) is 0 Å². The normalized spacial score (nSPS) is 11.2. The van der Waals surface area contributed by atoms with E-state index >= 15 is 0 Å². The SMILES string of the molecule is Fc1cnc2[nH]cc(-c3cc(Cl)sc3Cl)c2c1. The van der Waals surface area contributed by atoms with Gasteiger partial charge in [-0.25, -0.2) is 9.37 Å². The summed E-state index contributed by atoms with van der Waals surface area (Å²) in [6.45, 7) is 0. The van der Waals surface area contributed by atoms with Gasteiger partial charge in [0.25, 0.3) is 0 Å². The molecule has 86 valence electrons. The van der Waals surface area contributed by atoms with Crippen molar-refractivity contribution in [1.29, 1.82) is 0 Å². The summed E-state index contributed by atoms with van der Waals surface area (Å²) in [5.41, 5.74) is 2.22. The number of fused-ring (bicyclic) bond motifs is 1. The van der Waals surface area contributed by atoms with Gasteiger partial charge in [0.2, 0.25) is 0 Å². The third-order valence-corrected chi connectivity index (χ3v) is 3.93. The molecule has 3 aromatic rings. The second kappa shape index (κ2) is 3.98. The number of nitrogens with zero attached hydrogens (tertiary/aromatic N) is 1. The van der Waals surface area contributed by atoms with Gasteiger partial charge in [0.1, 0.15) is 15.8 Å². The average Bonchev–Trinajstić information content (AvgIpc) is 2.81. The Labute approximate surface area is 110 Å². The summed E-state index contributed by atoms with van der Waals surface area (Å²) in [6, 6.07) is 3.19. The highest BCUT2D eigenvalue weighted by atomic mass is 35.5. The lowest BCUT2D eigenvalue weighted by atomic mass is 10.1. The van der Waals surface area contributed by atoms with Crippen LogP contribution in [0.1, 0.15) is 0 Å². The minimum absolute atomic E-state index is 0.379. The summed E-state index contributed by atoms with van der Waals surface area (Å²) >= 11 is 13.3. The average molecular weight is 287 g/mol. The molecule has 0 unspecified atom stereocenters. The molecule has 0 bridgehead atoms. The molecule has 0 aliphatic heterocycles. The zero-order valence-electron chi connectivity index (χ0n) is 8.30. The van der Waals surface area contributed by atoms with E-state index in [2.05, 4.69) is 9.97 Å². The van der Waals surface area contributed by atoms with Crippen molar-refractivity contribution in [2.75, 3.05) is 0 Å². The smallest absolute Gasteiger partial charge is 0.142 e. The highest BCUT2D eigenvalue weighted by molar-refractivity contribution is 7.20. The molecule has 3 aromatic heterocycles. The number of halogens is 3. The molecule has 0 aromatic carbocycles. The summed E-state index contributed by atoms with van der Waals surface area (Å²) in [6.07, 6.45) is 2.92. The van der Waals surface area contributed by atoms with Gasteiger partial charge >= 0.3 is 0 Å². The lowest BCUT2D eigenvalue weighted by molar-refractivity contribution is 0.624. The number of rotatable bonds is 1. The van der Waals surface area contributed by atoms with E-state index in [0.29, 0.717) is 19.7 Å². The van der Waals surface area contributed by atoms with Crippen LogP contribution < -0.4 is 0 Å². The van der Waals surface area contributed by atoms with Gasteiger partial charge in [-0.1, -0.05) is 23.2 Å². The molecule has 17 heavy (non-hydrogen) atoms. The van der Waals surface area contributed by atoms with Crippen LogP contribution in [0.15, 0.2) is 24.5 Å². The van der Waals surface area contributed by atoms with E-state index in [4.69, 9.17) is 23.2 Å². The Kier molecular flexibility index (Phi) is 2.58. The molecule has 0 fully saturated rings. The minimum atomic E-state index is -0.379. The first kappa shape index (κ1) is 11.0. The molecular formula is C11H5Cl2FN2S. The van der Waals surface area contributed by atoms with Gasteiger partial charge in [0, 0.05) is 22.7 Å². The first-order chi connectivity index (χ1) is 8.15. The van der Waals surface area contributed by atoms with Crippen molar-refractivity contribution in [1.82, 2.24) is 9.97 Å². The molecule has 0 atom stereocenters. The Morgan fingerprint density at radius 2 is 2.06 bits per heavy atom. The predicted molar refractivity (Wildman–Crippen MR) is 69.4 cm³/mol. The molecule has 0 spiro atoms. The summed E-state index contributed by atoms with van der Waals surface area (Å²) in [5, 5.41) is 0.696. The van der Waals surface area contributed by atoms with Crippen LogP contribution in [-0.4, -0.2) is 9.97 Å². The molecule has 6 heteroatoms.